The van der Waals surface area contributed by atoms with Gasteiger partial charge in [0.2, 0.25) is 5.91 Å². The van der Waals surface area contributed by atoms with E-state index in [1.807, 2.05) is 0 Å². The molecule has 3 heteroatoms. The van der Waals surface area contributed by atoms with E-state index in [0.29, 0.717) is 11.8 Å². The number of benzene rings is 1. The molecule has 1 saturated carbocycles. The lowest BCUT2D eigenvalue weighted by molar-refractivity contribution is -0.136. The highest BCUT2D eigenvalue weighted by Crippen LogP contribution is 2.39. The molecule has 0 N–H and O–H groups in total. The standard InChI is InChI=1S/C20H27NO2/c22-19(15-16-5-1-2-6-16)21-13-11-20(12-14-21)10-9-17-7-3-4-8-18(17)23-20/h3-4,7-8,16H,1-2,5-6,9-15H2. The Morgan fingerprint density at radius 1 is 1.13 bits per heavy atom. The molecule has 2 fully saturated rings. The highest BCUT2D eigenvalue weighted by molar-refractivity contribution is 5.76. The van der Waals surface area contributed by atoms with Crippen LogP contribution in [0.3, 0.4) is 0 Å². The zero-order valence-corrected chi connectivity index (χ0v) is 13.9. The molecule has 2 aliphatic heterocycles. The summed E-state index contributed by atoms with van der Waals surface area (Å²) in [4.78, 5) is 14.6. The first-order valence-corrected chi connectivity index (χ1v) is 9.29. The van der Waals surface area contributed by atoms with Gasteiger partial charge in [0.25, 0.3) is 0 Å². The molecule has 0 unspecified atom stereocenters. The fraction of sp³-hybridized carbons (Fsp3) is 0.650. The molecule has 3 nitrogen and oxygen atoms in total. The average molecular weight is 313 g/mol. The number of carbonyl (C=O) groups excluding carboxylic acids is 1. The Balaban J connectivity index is 1.35. The van der Waals surface area contributed by atoms with Gasteiger partial charge in [-0.2, -0.15) is 0 Å². The van der Waals surface area contributed by atoms with Crippen LogP contribution in [-0.2, 0) is 11.2 Å². The van der Waals surface area contributed by atoms with E-state index in [-0.39, 0.29) is 5.60 Å². The predicted octanol–water partition coefficient (Wildman–Crippen LogP) is 3.95. The van der Waals surface area contributed by atoms with Crippen molar-refractivity contribution in [3.05, 3.63) is 29.8 Å². The quantitative estimate of drug-likeness (QED) is 0.827. The zero-order chi connectivity index (χ0) is 15.7. The summed E-state index contributed by atoms with van der Waals surface area (Å²) in [5.74, 6) is 2.09. The number of hydrogen-bond donors (Lipinski definition) is 0. The van der Waals surface area contributed by atoms with Gasteiger partial charge in [-0.3, -0.25) is 4.79 Å². The van der Waals surface area contributed by atoms with E-state index in [9.17, 15) is 4.79 Å². The van der Waals surface area contributed by atoms with Gasteiger partial charge in [-0.1, -0.05) is 31.0 Å². The van der Waals surface area contributed by atoms with Crippen molar-refractivity contribution in [2.45, 2.75) is 63.4 Å². The summed E-state index contributed by atoms with van der Waals surface area (Å²) in [5, 5.41) is 0. The van der Waals surface area contributed by atoms with Crippen LogP contribution in [-0.4, -0.2) is 29.5 Å². The van der Waals surface area contributed by atoms with E-state index in [1.54, 1.807) is 0 Å². The fourth-order valence-corrected chi connectivity index (χ4v) is 4.56. The summed E-state index contributed by atoms with van der Waals surface area (Å²) in [6.45, 7) is 1.74. The topological polar surface area (TPSA) is 29.5 Å². The van der Waals surface area contributed by atoms with Gasteiger partial charge < -0.3 is 9.64 Å². The first-order chi connectivity index (χ1) is 11.2. The van der Waals surface area contributed by atoms with E-state index in [1.165, 1.54) is 31.2 Å². The zero-order valence-electron chi connectivity index (χ0n) is 13.9. The third kappa shape index (κ3) is 3.11. The second-order valence-corrected chi connectivity index (χ2v) is 7.63. The van der Waals surface area contributed by atoms with Gasteiger partial charge in [0, 0.05) is 32.4 Å². The number of nitrogens with zero attached hydrogens (tertiary/aromatic N) is 1. The number of piperidine rings is 1. The van der Waals surface area contributed by atoms with Gasteiger partial charge in [0.15, 0.2) is 0 Å². The lowest BCUT2D eigenvalue weighted by atomic mass is 9.83. The molecule has 1 saturated heterocycles. The monoisotopic (exact) mass is 313 g/mol. The van der Waals surface area contributed by atoms with Crippen molar-refractivity contribution in [2.75, 3.05) is 13.1 Å². The smallest absolute Gasteiger partial charge is 0.222 e. The Labute approximate surface area is 139 Å². The van der Waals surface area contributed by atoms with Gasteiger partial charge in [0.05, 0.1) is 0 Å². The number of carbonyl (C=O) groups is 1. The van der Waals surface area contributed by atoms with Gasteiger partial charge in [-0.05, 0) is 43.2 Å². The number of amides is 1. The summed E-state index contributed by atoms with van der Waals surface area (Å²) in [7, 11) is 0. The van der Waals surface area contributed by atoms with Crippen molar-refractivity contribution >= 4 is 5.91 Å². The molecule has 1 aliphatic carbocycles. The number of ether oxygens (including phenoxy) is 1. The molecule has 124 valence electrons. The van der Waals surface area contributed by atoms with E-state index in [2.05, 4.69) is 29.2 Å². The molecule has 1 aromatic rings. The van der Waals surface area contributed by atoms with Crippen LogP contribution in [0, 0.1) is 5.92 Å². The van der Waals surface area contributed by atoms with Crippen LogP contribution in [0.4, 0.5) is 0 Å². The second kappa shape index (κ2) is 6.18. The summed E-state index contributed by atoms with van der Waals surface area (Å²) < 4.78 is 6.38. The number of fused-ring (bicyclic) bond motifs is 1. The maximum atomic E-state index is 12.5. The van der Waals surface area contributed by atoms with Crippen LogP contribution in [0.2, 0.25) is 0 Å². The van der Waals surface area contributed by atoms with Crippen molar-refractivity contribution in [3.63, 3.8) is 0 Å². The lowest BCUT2D eigenvalue weighted by Gasteiger charge is -2.44. The third-order valence-corrected chi connectivity index (χ3v) is 6.11. The van der Waals surface area contributed by atoms with Crippen LogP contribution < -0.4 is 4.74 Å². The fourth-order valence-electron chi connectivity index (χ4n) is 4.56. The molecule has 1 amide bonds. The molecule has 0 bridgehead atoms. The molecular formula is C20H27NO2. The van der Waals surface area contributed by atoms with Gasteiger partial charge in [-0.15, -0.1) is 0 Å². The second-order valence-electron chi connectivity index (χ2n) is 7.63. The van der Waals surface area contributed by atoms with E-state index in [4.69, 9.17) is 4.74 Å². The van der Waals surface area contributed by atoms with Crippen molar-refractivity contribution < 1.29 is 9.53 Å². The normalized spacial score (nSPS) is 23.6. The molecule has 2 heterocycles. The molecule has 1 aromatic carbocycles. The summed E-state index contributed by atoms with van der Waals surface area (Å²) in [6.07, 6.45) is 10.1. The van der Waals surface area contributed by atoms with E-state index in [0.717, 1.165) is 50.9 Å². The van der Waals surface area contributed by atoms with Gasteiger partial charge in [-0.25, -0.2) is 0 Å². The highest BCUT2D eigenvalue weighted by atomic mass is 16.5. The Morgan fingerprint density at radius 3 is 2.65 bits per heavy atom. The van der Waals surface area contributed by atoms with Crippen molar-refractivity contribution in [1.82, 2.24) is 4.90 Å². The van der Waals surface area contributed by atoms with E-state index >= 15 is 0 Å². The largest absolute Gasteiger partial charge is 0.487 e. The van der Waals surface area contributed by atoms with E-state index < -0.39 is 0 Å². The SMILES string of the molecule is O=C(CC1CCCC1)N1CCC2(CCc3ccccc3O2)CC1. The first-order valence-electron chi connectivity index (χ1n) is 9.29. The average Bonchev–Trinajstić information content (AvgIpc) is 3.08. The Morgan fingerprint density at radius 2 is 1.87 bits per heavy atom. The van der Waals surface area contributed by atoms with Crippen molar-refractivity contribution in [1.29, 1.82) is 0 Å². The molecule has 3 aliphatic rings. The van der Waals surface area contributed by atoms with Crippen LogP contribution in [0.1, 0.15) is 56.9 Å². The van der Waals surface area contributed by atoms with Crippen LogP contribution >= 0.6 is 0 Å². The van der Waals surface area contributed by atoms with Gasteiger partial charge >= 0.3 is 0 Å². The Hall–Kier alpha value is -1.51. The van der Waals surface area contributed by atoms with Crippen LogP contribution in [0.15, 0.2) is 24.3 Å². The van der Waals surface area contributed by atoms with Gasteiger partial charge in [0.1, 0.15) is 11.4 Å². The number of hydrogen-bond acceptors (Lipinski definition) is 2. The molecule has 1 spiro atoms. The van der Waals surface area contributed by atoms with Crippen LogP contribution in [0.25, 0.3) is 0 Å². The van der Waals surface area contributed by atoms with Crippen molar-refractivity contribution in [3.8, 4) is 5.75 Å². The third-order valence-electron chi connectivity index (χ3n) is 6.11. The van der Waals surface area contributed by atoms with Crippen LogP contribution in [0.5, 0.6) is 5.75 Å². The minimum Gasteiger partial charge on any atom is -0.487 e. The van der Waals surface area contributed by atoms with Crippen molar-refractivity contribution in [2.24, 2.45) is 5.92 Å². The molecule has 0 atom stereocenters. The minimum atomic E-state index is -0.0293. The minimum absolute atomic E-state index is 0.0293. The lowest BCUT2D eigenvalue weighted by Crippen LogP contribution is -2.51. The maximum absolute atomic E-state index is 12.5. The Bertz CT molecular complexity index is 569. The first kappa shape index (κ1) is 15.0. The number of rotatable bonds is 2. The predicted molar refractivity (Wildman–Crippen MR) is 90.5 cm³/mol. The molecule has 0 radical (unpaired) electrons. The molecular weight excluding hydrogens is 286 g/mol. The number of likely N-dealkylation sites (tertiary alicyclic amines) is 1. The molecule has 23 heavy (non-hydrogen) atoms. The number of aryl methyl sites for hydroxylation is 1. The highest BCUT2D eigenvalue weighted by Gasteiger charge is 2.40. The molecule has 0 aromatic heterocycles. The maximum Gasteiger partial charge on any atom is 0.222 e. The Kier molecular flexibility index (Phi) is 4.04. The summed E-state index contributed by atoms with van der Waals surface area (Å²) >= 11 is 0. The summed E-state index contributed by atoms with van der Waals surface area (Å²) in [6, 6.07) is 8.40. The summed E-state index contributed by atoms with van der Waals surface area (Å²) in [5.41, 5.74) is 1.30. The molecule has 4 rings (SSSR count). The number of para-hydroxylation sites is 1.